The van der Waals surface area contributed by atoms with Gasteiger partial charge in [0.15, 0.2) is 0 Å². The third-order valence-electron chi connectivity index (χ3n) is 3.09. The molecule has 0 aromatic carbocycles. The van der Waals surface area contributed by atoms with E-state index in [9.17, 15) is 4.79 Å². The summed E-state index contributed by atoms with van der Waals surface area (Å²) in [4.78, 5) is 11.8. The number of anilines is 1. The van der Waals surface area contributed by atoms with Gasteiger partial charge in [-0.15, -0.1) is 10.2 Å². The molecule has 0 bridgehead atoms. The molecule has 0 aliphatic heterocycles. The molecular formula is C11H18N4OS. The van der Waals surface area contributed by atoms with Gasteiger partial charge in [0, 0.05) is 13.0 Å². The van der Waals surface area contributed by atoms with Gasteiger partial charge in [-0.1, -0.05) is 30.6 Å². The Labute approximate surface area is 105 Å². The van der Waals surface area contributed by atoms with E-state index in [-0.39, 0.29) is 5.91 Å². The third kappa shape index (κ3) is 3.74. The van der Waals surface area contributed by atoms with E-state index in [1.165, 1.54) is 43.4 Å². The molecule has 0 unspecified atom stereocenters. The molecule has 0 saturated heterocycles. The first-order valence-corrected chi connectivity index (χ1v) is 6.92. The number of carbonyl (C=O) groups is 1. The van der Waals surface area contributed by atoms with Crippen molar-refractivity contribution >= 4 is 22.4 Å². The molecule has 1 aromatic heterocycles. The van der Waals surface area contributed by atoms with Crippen molar-refractivity contribution in [2.24, 2.45) is 11.7 Å². The first-order valence-electron chi connectivity index (χ1n) is 6.10. The minimum Gasteiger partial charge on any atom is -0.324 e. The molecule has 0 radical (unpaired) electrons. The molecule has 3 N–H and O–H groups in total. The van der Waals surface area contributed by atoms with E-state index in [0.29, 0.717) is 24.0 Å². The zero-order chi connectivity index (χ0) is 12.1. The van der Waals surface area contributed by atoms with E-state index < -0.39 is 0 Å². The molecule has 1 heterocycles. The molecule has 5 nitrogen and oxygen atoms in total. The summed E-state index contributed by atoms with van der Waals surface area (Å²) in [6.07, 6.45) is 6.79. The average Bonchev–Trinajstić information content (AvgIpc) is 2.78. The number of hydrogen-bond donors (Lipinski definition) is 2. The maximum absolute atomic E-state index is 11.8. The van der Waals surface area contributed by atoms with Gasteiger partial charge in [0.05, 0.1) is 0 Å². The minimum absolute atomic E-state index is 0.0524. The zero-order valence-corrected chi connectivity index (χ0v) is 10.6. The van der Waals surface area contributed by atoms with Crippen molar-refractivity contribution in [3.05, 3.63) is 5.01 Å². The lowest BCUT2D eigenvalue weighted by Gasteiger charge is -2.20. The van der Waals surface area contributed by atoms with Gasteiger partial charge in [-0.2, -0.15) is 0 Å². The van der Waals surface area contributed by atoms with Gasteiger partial charge in [0.1, 0.15) is 5.01 Å². The lowest BCUT2D eigenvalue weighted by atomic mass is 9.87. The Kier molecular flexibility index (Phi) is 4.44. The van der Waals surface area contributed by atoms with Crippen LogP contribution in [0, 0.1) is 5.92 Å². The summed E-state index contributed by atoms with van der Waals surface area (Å²) < 4.78 is 0. The van der Waals surface area contributed by atoms with Crippen molar-refractivity contribution in [1.82, 2.24) is 10.2 Å². The van der Waals surface area contributed by atoms with E-state index in [4.69, 9.17) is 5.73 Å². The molecule has 94 valence electrons. The Morgan fingerprint density at radius 2 is 2.12 bits per heavy atom. The topological polar surface area (TPSA) is 80.9 Å². The smallest absolute Gasteiger partial charge is 0.226 e. The van der Waals surface area contributed by atoms with Crippen LogP contribution in [0.3, 0.4) is 0 Å². The summed E-state index contributed by atoms with van der Waals surface area (Å²) >= 11 is 1.34. The minimum atomic E-state index is 0.0524. The van der Waals surface area contributed by atoms with Gasteiger partial charge < -0.3 is 11.1 Å². The molecule has 1 aliphatic carbocycles. The molecule has 17 heavy (non-hydrogen) atoms. The molecular weight excluding hydrogens is 236 g/mol. The van der Waals surface area contributed by atoms with E-state index in [1.54, 1.807) is 0 Å². The van der Waals surface area contributed by atoms with Crippen LogP contribution in [0.4, 0.5) is 5.13 Å². The highest BCUT2D eigenvalue weighted by Crippen LogP contribution is 2.26. The summed E-state index contributed by atoms with van der Waals surface area (Å²) in [6.45, 7) is 0.371. The fourth-order valence-corrected chi connectivity index (χ4v) is 2.85. The number of carbonyl (C=O) groups excluding carboxylic acids is 1. The molecule has 0 atom stereocenters. The Balaban J connectivity index is 1.79. The number of amides is 1. The Hall–Kier alpha value is -1.01. The van der Waals surface area contributed by atoms with Gasteiger partial charge in [-0.25, -0.2) is 0 Å². The molecule has 1 amide bonds. The second-order valence-corrected chi connectivity index (χ2v) is 5.52. The fourth-order valence-electron chi connectivity index (χ4n) is 2.21. The Bertz CT molecular complexity index is 373. The van der Waals surface area contributed by atoms with E-state index in [2.05, 4.69) is 15.5 Å². The molecule has 6 heteroatoms. The molecule has 1 fully saturated rings. The summed E-state index contributed by atoms with van der Waals surface area (Å²) in [5.41, 5.74) is 5.44. The predicted octanol–water partition coefficient (Wildman–Crippen LogP) is 1.91. The quantitative estimate of drug-likeness (QED) is 0.860. The summed E-state index contributed by atoms with van der Waals surface area (Å²) in [6, 6.07) is 0. The van der Waals surface area contributed by atoms with Crippen molar-refractivity contribution in [1.29, 1.82) is 0 Å². The van der Waals surface area contributed by atoms with Crippen LogP contribution in [0.2, 0.25) is 0 Å². The Morgan fingerprint density at radius 1 is 1.35 bits per heavy atom. The first kappa shape index (κ1) is 12.4. The van der Waals surface area contributed by atoms with Crippen LogP contribution in [-0.2, 0) is 11.3 Å². The maximum atomic E-state index is 11.8. The number of nitrogens with two attached hydrogens (primary N) is 1. The Morgan fingerprint density at radius 3 is 2.76 bits per heavy atom. The van der Waals surface area contributed by atoms with Crippen LogP contribution in [0.5, 0.6) is 0 Å². The number of nitrogens with zero attached hydrogens (tertiary/aromatic N) is 2. The predicted molar refractivity (Wildman–Crippen MR) is 67.6 cm³/mol. The lowest BCUT2D eigenvalue weighted by molar-refractivity contribution is -0.117. The number of nitrogens with one attached hydrogen (secondary N) is 1. The van der Waals surface area contributed by atoms with Crippen LogP contribution >= 0.6 is 11.3 Å². The molecule has 0 spiro atoms. The van der Waals surface area contributed by atoms with Crippen LogP contribution in [0.25, 0.3) is 0 Å². The van der Waals surface area contributed by atoms with E-state index in [0.717, 1.165) is 5.01 Å². The summed E-state index contributed by atoms with van der Waals surface area (Å²) in [5, 5.41) is 11.8. The van der Waals surface area contributed by atoms with Crippen LogP contribution < -0.4 is 11.1 Å². The van der Waals surface area contributed by atoms with Gasteiger partial charge in [0.2, 0.25) is 11.0 Å². The monoisotopic (exact) mass is 254 g/mol. The number of rotatable bonds is 4. The van der Waals surface area contributed by atoms with Gasteiger partial charge in [0.25, 0.3) is 0 Å². The largest absolute Gasteiger partial charge is 0.324 e. The normalized spacial score (nSPS) is 17.0. The van der Waals surface area contributed by atoms with Crippen LogP contribution in [-0.4, -0.2) is 16.1 Å². The van der Waals surface area contributed by atoms with Crippen molar-refractivity contribution in [2.45, 2.75) is 45.1 Å². The van der Waals surface area contributed by atoms with Crippen molar-refractivity contribution in [3.8, 4) is 0 Å². The highest BCUT2D eigenvalue weighted by Gasteiger charge is 2.17. The van der Waals surface area contributed by atoms with Crippen LogP contribution in [0.15, 0.2) is 0 Å². The summed E-state index contributed by atoms with van der Waals surface area (Å²) in [7, 11) is 0. The van der Waals surface area contributed by atoms with Crippen molar-refractivity contribution < 1.29 is 4.79 Å². The standard InChI is InChI=1S/C11H18N4OS/c12-7-10-14-15-11(17-10)13-9(16)6-8-4-2-1-3-5-8/h8H,1-7,12H2,(H,13,15,16). The molecule has 1 aliphatic rings. The highest BCUT2D eigenvalue weighted by atomic mass is 32.1. The number of hydrogen-bond acceptors (Lipinski definition) is 5. The SMILES string of the molecule is NCc1nnc(NC(=O)CC2CCCCC2)s1. The lowest BCUT2D eigenvalue weighted by Crippen LogP contribution is -2.18. The van der Waals surface area contributed by atoms with Crippen molar-refractivity contribution in [3.63, 3.8) is 0 Å². The maximum Gasteiger partial charge on any atom is 0.226 e. The fraction of sp³-hybridized carbons (Fsp3) is 0.727. The molecule has 1 aromatic rings. The van der Waals surface area contributed by atoms with E-state index >= 15 is 0 Å². The molecule has 2 rings (SSSR count). The van der Waals surface area contributed by atoms with Crippen LogP contribution in [0.1, 0.15) is 43.5 Å². The third-order valence-corrected chi connectivity index (χ3v) is 3.95. The average molecular weight is 254 g/mol. The first-order chi connectivity index (χ1) is 8.28. The number of aromatic nitrogens is 2. The second-order valence-electron chi connectivity index (χ2n) is 4.46. The van der Waals surface area contributed by atoms with Gasteiger partial charge in [-0.05, 0) is 18.8 Å². The highest BCUT2D eigenvalue weighted by molar-refractivity contribution is 7.15. The summed E-state index contributed by atoms with van der Waals surface area (Å²) in [5.74, 6) is 0.599. The van der Waals surface area contributed by atoms with Gasteiger partial charge >= 0.3 is 0 Å². The zero-order valence-electron chi connectivity index (χ0n) is 9.82. The van der Waals surface area contributed by atoms with Gasteiger partial charge in [-0.3, -0.25) is 4.79 Å². The van der Waals surface area contributed by atoms with E-state index in [1.807, 2.05) is 0 Å². The van der Waals surface area contributed by atoms with Crippen molar-refractivity contribution in [2.75, 3.05) is 5.32 Å². The second kappa shape index (κ2) is 6.07. The molecule has 1 saturated carbocycles.